The predicted octanol–water partition coefficient (Wildman–Crippen LogP) is -1.27. The van der Waals surface area contributed by atoms with Gasteiger partial charge < -0.3 is 20.3 Å². The number of amides is 1. The summed E-state index contributed by atoms with van der Waals surface area (Å²) in [6.07, 6.45) is 1.70. The lowest BCUT2D eigenvalue weighted by atomic mass is 10.2. The number of likely N-dealkylation sites (N-methyl/N-ethyl adjacent to an activating group) is 1. The van der Waals surface area contributed by atoms with Crippen molar-refractivity contribution in [2.45, 2.75) is 6.04 Å². The van der Waals surface area contributed by atoms with E-state index >= 15 is 0 Å². The third-order valence-electron chi connectivity index (χ3n) is 3.33. The van der Waals surface area contributed by atoms with Crippen LogP contribution in [0.3, 0.4) is 0 Å². The second-order valence-electron chi connectivity index (χ2n) is 4.95. The van der Waals surface area contributed by atoms with Crippen LogP contribution in [-0.4, -0.2) is 79.3 Å². The Morgan fingerprint density at radius 3 is 3.05 bits per heavy atom. The number of carbonyl (C=O) groups is 1. The molecule has 1 amide bonds. The van der Waals surface area contributed by atoms with Crippen LogP contribution in [0.4, 0.5) is 0 Å². The van der Waals surface area contributed by atoms with Gasteiger partial charge in [0.25, 0.3) is 5.91 Å². The molecule has 0 unspecified atom stereocenters. The quantitative estimate of drug-likeness (QED) is 0.618. The highest BCUT2D eigenvalue weighted by atomic mass is 16.5. The lowest BCUT2D eigenvalue weighted by Crippen LogP contribution is -2.43. The van der Waals surface area contributed by atoms with E-state index in [4.69, 9.17) is 4.74 Å². The van der Waals surface area contributed by atoms with Gasteiger partial charge in [-0.25, -0.2) is 4.68 Å². The van der Waals surface area contributed by atoms with Gasteiger partial charge in [0.05, 0.1) is 18.8 Å². The topological polar surface area (TPSA) is 84.3 Å². The molecule has 1 saturated heterocycles. The molecule has 1 aliphatic heterocycles. The smallest absolute Gasteiger partial charge is 0.273 e. The van der Waals surface area contributed by atoms with Crippen LogP contribution in [-0.2, 0) is 4.74 Å². The minimum absolute atomic E-state index is 0.177. The number of nitrogens with zero attached hydrogens (tertiary/aromatic N) is 4. The zero-order chi connectivity index (χ0) is 14.4. The van der Waals surface area contributed by atoms with E-state index in [0.29, 0.717) is 24.9 Å². The van der Waals surface area contributed by atoms with E-state index in [1.165, 1.54) is 0 Å². The van der Waals surface area contributed by atoms with E-state index in [9.17, 15) is 4.79 Å². The van der Waals surface area contributed by atoms with Gasteiger partial charge in [-0.05, 0) is 7.05 Å². The van der Waals surface area contributed by atoms with Crippen LogP contribution < -0.4 is 10.6 Å². The van der Waals surface area contributed by atoms with E-state index in [2.05, 4.69) is 25.8 Å². The number of hydrogen-bond acceptors (Lipinski definition) is 6. The van der Waals surface area contributed by atoms with E-state index in [1.54, 1.807) is 18.0 Å². The van der Waals surface area contributed by atoms with Crippen molar-refractivity contribution in [3.63, 3.8) is 0 Å². The fourth-order valence-corrected chi connectivity index (χ4v) is 1.83. The first-order chi connectivity index (χ1) is 9.70. The highest BCUT2D eigenvalue weighted by Crippen LogP contribution is 2.09. The summed E-state index contributed by atoms with van der Waals surface area (Å²) in [6.45, 7) is 4.65. The Balaban J connectivity index is 1.70. The molecule has 1 fully saturated rings. The van der Waals surface area contributed by atoms with Crippen LogP contribution in [0.5, 0.6) is 0 Å². The van der Waals surface area contributed by atoms with Crippen molar-refractivity contribution in [3.05, 3.63) is 11.9 Å². The molecule has 1 aliphatic rings. The minimum atomic E-state index is -0.177. The molecule has 1 aromatic heterocycles. The molecule has 1 aromatic rings. The first kappa shape index (κ1) is 14.9. The summed E-state index contributed by atoms with van der Waals surface area (Å²) in [5, 5.41) is 13.9. The summed E-state index contributed by atoms with van der Waals surface area (Å²) in [4.78, 5) is 14.0. The van der Waals surface area contributed by atoms with Gasteiger partial charge in [0.15, 0.2) is 5.69 Å². The fraction of sp³-hybridized carbons (Fsp3) is 0.750. The molecule has 0 aromatic carbocycles. The second kappa shape index (κ2) is 7.32. The number of carbonyl (C=O) groups excluding carboxylic acids is 1. The lowest BCUT2D eigenvalue weighted by Gasteiger charge is -2.26. The Morgan fingerprint density at radius 1 is 1.60 bits per heavy atom. The molecule has 20 heavy (non-hydrogen) atoms. The van der Waals surface area contributed by atoms with Gasteiger partial charge in [-0.15, -0.1) is 5.10 Å². The SMILES string of the molecule is COCCN(C)CCNC(=O)c1cn(C2CNC2)nn1. The monoisotopic (exact) mass is 282 g/mol. The molecule has 112 valence electrons. The van der Waals surface area contributed by atoms with Crippen molar-refractivity contribution in [1.29, 1.82) is 0 Å². The van der Waals surface area contributed by atoms with Gasteiger partial charge in [0.2, 0.25) is 0 Å². The van der Waals surface area contributed by atoms with Crippen molar-refractivity contribution < 1.29 is 9.53 Å². The Labute approximate surface area is 118 Å². The van der Waals surface area contributed by atoms with Gasteiger partial charge in [0.1, 0.15) is 0 Å². The average Bonchev–Trinajstić information content (AvgIpc) is 2.83. The zero-order valence-electron chi connectivity index (χ0n) is 12.0. The van der Waals surface area contributed by atoms with Gasteiger partial charge in [-0.3, -0.25) is 4.79 Å². The number of nitrogens with one attached hydrogen (secondary N) is 2. The maximum atomic E-state index is 11.9. The Hall–Kier alpha value is -1.51. The normalized spacial score (nSPS) is 15.3. The molecule has 2 N–H and O–H groups in total. The molecule has 0 bridgehead atoms. The van der Waals surface area contributed by atoms with Gasteiger partial charge in [-0.2, -0.15) is 0 Å². The third-order valence-corrected chi connectivity index (χ3v) is 3.33. The van der Waals surface area contributed by atoms with E-state index in [1.807, 2.05) is 7.05 Å². The molecular weight excluding hydrogens is 260 g/mol. The number of hydrogen-bond donors (Lipinski definition) is 2. The maximum absolute atomic E-state index is 11.9. The first-order valence-corrected chi connectivity index (χ1v) is 6.79. The van der Waals surface area contributed by atoms with Crippen molar-refractivity contribution in [2.75, 3.05) is 53.5 Å². The van der Waals surface area contributed by atoms with Gasteiger partial charge >= 0.3 is 0 Å². The van der Waals surface area contributed by atoms with E-state index in [0.717, 1.165) is 26.2 Å². The van der Waals surface area contributed by atoms with Gasteiger partial charge in [-0.1, -0.05) is 5.21 Å². The van der Waals surface area contributed by atoms with Crippen molar-refractivity contribution in [1.82, 2.24) is 30.5 Å². The molecule has 0 aliphatic carbocycles. The highest BCUT2D eigenvalue weighted by molar-refractivity contribution is 5.91. The summed E-state index contributed by atoms with van der Waals surface area (Å²) in [6, 6.07) is 0.323. The van der Waals surface area contributed by atoms with Crippen LogP contribution in [0.15, 0.2) is 6.20 Å². The summed E-state index contributed by atoms with van der Waals surface area (Å²) in [5.41, 5.74) is 0.372. The molecule has 8 nitrogen and oxygen atoms in total. The molecule has 2 heterocycles. The van der Waals surface area contributed by atoms with Crippen LogP contribution in [0.1, 0.15) is 16.5 Å². The van der Waals surface area contributed by atoms with E-state index < -0.39 is 0 Å². The van der Waals surface area contributed by atoms with Crippen LogP contribution in [0.2, 0.25) is 0 Å². The van der Waals surface area contributed by atoms with Gasteiger partial charge in [0, 0.05) is 39.8 Å². The Kier molecular flexibility index (Phi) is 5.45. The summed E-state index contributed by atoms with van der Waals surface area (Å²) in [7, 11) is 3.67. The number of ether oxygens (including phenoxy) is 1. The largest absolute Gasteiger partial charge is 0.383 e. The third kappa shape index (κ3) is 3.99. The zero-order valence-corrected chi connectivity index (χ0v) is 12.0. The van der Waals surface area contributed by atoms with Crippen LogP contribution in [0.25, 0.3) is 0 Å². The molecule has 2 rings (SSSR count). The average molecular weight is 282 g/mol. The number of aromatic nitrogens is 3. The first-order valence-electron chi connectivity index (χ1n) is 6.79. The van der Waals surface area contributed by atoms with Crippen molar-refractivity contribution >= 4 is 5.91 Å². The fourth-order valence-electron chi connectivity index (χ4n) is 1.83. The summed E-state index contributed by atoms with van der Waals surface area (Å²) in [5.74, 6) is -0.177. The van der Waals surface area contributed by atoms with Crippen molar-refractivity contribution in [2.24, 2.45) is 0 Å². The molecule has 8 heteroatoms. The molecule has 0 atom stereocenters. The maximum Gasteiger partial charge on any atom is 0.273 e. The Bertz CT molecular complexity index is 431. The van der Waals surface area contributed by atoms with E-state index in [-0.39, 0.29) is 5.91 Å². The molecule has 0 radical (unpaired) electrons. The van der Waals surface area contributed by atoms with Crippen molar-refractivity contribution in [3.8, 4) is 0 Å². The Morgan fingerprint density at radius 2 is 2.40 bits per heavy atom. The predicted molar refractivity (Wildman–Crippen MR) is 73.6 cm³/mol. The standard InChI is InChI=1S/C12H22N6O2/c1-17(5-6-20-2)4-3-14-12(19)11-9-18(16-15-11)10-7-13-8-10/h9-10,13H,3-8H2,1-2H3,(H,14,19). The highest BCUT2D eigenvalue weighted by Gasteiger charge is 2.21. The minimum Gasteiger partial charge on any atom is -0.383 e. The summed E-state index contributed by atoms with van der Waals surface area (Å²) < 4.78 is 6.74. The lowest BCUT2D eigenvalue weighted by molar-refractivity contribution is 0.0942. The summed E-state index contributed by atoms with van der Waals surface area (Å²) >= 11 is 0. The molecular formula is C12H22N6O2. The van der Waals surface area contributed by atoms with Crippen LogP contribution in [0, 0.1) is 0 Å². The molecule has 0 saturated carbocycles. The number of methoxy groups -OCH3 is 1. The van der Waals surface area contributed by atoms with Crippen LogP contribution >= 0.6 is 0 Å². The second-order valence-corrected chi connectivity index (χ2v) is 4.95. The number of rotatable bonds is 8. The molecule has 0 spiro atoms.